The van der Waals surface area contributed by atoms with E-state index in [4.69, 9.17) is 15.2 Å². The first-order valence-corrected chi connectivity index (χ1v) is 13.2. The molecule has 10 heteroatoms. The highest BCUT2D eigenvalue weighted by Gasteiger charge is 2.25. The van der Waals surface area contributed by atoms with Crippen LogP contribution in [0.2, 0.25) is 0 Å². The summed E-state index contributed by atoms with van der Waals surface area (Å²) in [6.45, 7) is 0. The molecule has 1 saturated carbocycles. The zero-order chi connectivity index (χ0) is 26.9. The monoisotopic (exact) mass is 526 g/mol. The maximum absolute atomic E-state index is 13.3. The number of imidazole rings is 1. The predicted molar refractivity (Wildman–Crippen MR) is 148 cm³/mol. The Labute approximate surface area is 224 Å². The second kappa shape index (κ2) is 10.3. The Balaban J connectivity index is 1.29. The topological polar surface area (TPSA) is 151 Å². The average molecular weight is 527 g/mol. The summed E-state index contributed by atoms with van der Waals surface area (Å²) in [7, 11) is 0. The fraction of sp³-hybridized carbons (Fsp3) is 0.276. The van der Waals surface area contributed by atoms with Gasteiger partial charge < -0.3 is 29.8 Å². The number of carbonyl (C=O) groups excluding carboxylic acids is 1. The number of carbonyl (C=O) groups is 2. The molecule has 10 nitrogen and oxygen atoms in total. The van der Waals surface area contributed by atoms with Gasteiger partial charge in [0.2, 0.25) is 0 Å². The van der Waals surface area contributed by atoms with Crippen molar-refractivity contribution in [3.63, 3.8) is 0 Å². The fourth-order valence-electron chi connectivity index (χ4n) is 5.64. The van der Waals surface area contributed by atoms with Crippen LogP contribution in [0.1, 0.15) is 54.1 Å². The van der Waals surface area contributed by atoms with Gasteiger partial charge >= 0.3 is 5.97 Å². The van der Waals surface area contributed by atoms with Gasteiger partial charge in [0.05, 0.1) is 22.9 Å². The molecule has 3 aromatic heterocycles. The third-order valence-corrected chi connectivity index (χ3v) is 7.63. The number of hydrazine groups is 1. The first-order valence-electron chi connectivity index (χ1n) is 13.2. The van der Waals surface area contributed by atoms with E-state index in [0.29, 0.717) is 22.8 Å². The highest BCUT2D eigenvalue weighted by atomic mass is 16.4. The summed E-state index contributed by atoms with van der Waals surface area (Å²) in [6, 6.07) is 12.0. The largest absolute Gasteiger partial charge is 0.480 e. The Morgan fingerprint density at radius 1 is 1.15 bits per heavy atom. The number of carboxylic acids is 1. The minimum Gasteiger partial charge on any atom is -0.480 e. The zero-order valence-corrected chi connectivity index (χ0v) is 21.3. The van der Waals surface area contributed by atoms with Crippen molar-refractivity contribution in [2.45, 2.75) is 50.6 Å². The van der Waals surface area contributed by atoms with E-state index in [1.165, 1.54) is 19.3 Å². The van der Waals surface area contributed by atoms with Crippen molar-refractivity contribution in [1.82, 2.24) is 19.9 Å². The summed E-state index contributed by atoms with van der Waals surface area (Å²) in [6.07, 6.45) is 10.9. The number of aliphatic carboxylic acids is 1. The van der Waals surface area contributed by atoms with Gasteiger partial charge in [0.1, 0.15) is 18.1 Å². The van der Waals surface area contributed by atoms with Crippen LogP contribution in [0.3, 0.4) is 0 Å². The third-order valence-electron chi connectivity index (χ3n) is 7.63. The Morgan fingerprint density at radius 3 is 2.74 bits per heavy atom. The van der Waals surface area contributed by atoms with E-state index in [2.05, 4.69) is 20.3 Å². The summed E-state index contributed by atoms with van der Waals surface area (Å²) in [4.78, 5) is 33.4. The molecule has 3 heterocycles. The molecule has 0 unspecified atom stereocenters. The lowest BCUT2D eigenvalue weighted by Gasteiger charge is -2.25. The van der Waals surface area contributed by atoms with Gasteiger partial charge in [0.25, 0.3) is 5.91 Å². The molecule has 6 rings (SSSR count). The number of hydrogen-bond acceptors (Lipinski definition) is 6. The van der Waals surface area contributed by atoms with Crippen LogP contribution in [0.15, 0.2) is 65.6 Å². The predicted octanol–water partition coefficient (Wildman–Crippen LogP) is 4.99. The number of aromatic amines is 1. The lowest BCUT2D eigenvalue weighted by Crippen LogP contribution is -2.42. The quantitative estimate of drug-likeness (QED) is 0.141. The number of furan rings is 1. The summed E-state index contributed by atoms with van der Waals surface area (Å²) >= 11 is 0. The summed E-state index contributed by atoms with van der Waals surface area (Å²) in [5.74, 6) is 4.77. The number of H-pyrrole nitrogens is 1. The summed E-state index contributed by atoms with van der Waals surface area (Å²) in [5, 5.41) is 13.5. The molecule has 1 aliphatic rings. The van der Waals surface area contributed by atoms with Crippen LogP contribution in [0.5, 0.6) is 0 Å². The van der Waals surface area contributed by atoms with Gasteiger partial charge in [-0.15, -0.1) is 0 Å². The molecule has 1 atom stereocenters. The molecule has 0 spiro atoms. The first-order chi connectivity index (χ1) is 19.0. The smallest absolute Gasteiger partial charge is 0.326 e. The molecule has 0 bridgehead atoms. The molecule has 1 fully saturated rings. The normalized spacial score (nSPS) is 15.0. The molecule has 1 aliphatic carbocycles. The Hall–Kier alpha value is -4.57. The van der Waals surface area contributed by atoms with Crippen LogP contribution < -0.4 is 16.6 Å². The number of benzene rings is 2. The van der Waals surface area contributed by atoms with Crippen molar-refractivity contribution in [2.75, 3.05) is 5.43 Å². The Kier molecular flexibility index (Phi) is 6.54. The molecule has 5 aromatic rings. The molecule has 0 saturated heterocycles. The third kappa shape index (κ3) is 4.74. The maximum Gasteiger partial charge on any atom is 0.326 e. The number of rotatable bonds is 8. The molecule has 6 N–H and O–H groups in total. The summed E-state index contributed by atoms with van der Waals surface area (Å²) < 4.78 is 7.60. The van der Waals surface area contributed by atoms with E-state index in [0.717, 1.165) is 46.2 Å². The van der Waals surface area contributed by atoms with Crippen molar-refractivity contribution in [3.8, 4) is 11.4 Å². The van der Waals surface area contributed by atoms with Crippen LogP contribution in [0.4, 0.5) is 5.69 Å². The number of hydrogen-bond donors (Lipinski definition) is 5. The number of nitrogens with two attached hydrogens (primary N) is 1. The molecule has 0 radical (unpaired) electrons. The van der Waals surface area contributed by atoms with Gasteiger partial charge in [-0.05, 0) is 60.9 Å². The maximum atomic E-state index is 13.3. The standard InChI is InChI=1S/C29H30N6O4/c30-34-20-7-8-23-22(14-20)19(15-31-23)13-25(29(37)38)33-28(36)17-6-9-26-24(12-17)32-27(18-10-11-39-16-18)35(26)21-4-2-1-3-5-21/h6-12,14-16,21,25,31,34H,1-5,13,30H2,(H,33,36)(H,37,38)/t25-/m0/s1. The molecule has 2 aromatic carbocycles. The number of nitrogen functional groups attached to an aromatic ring is 1. The number of fused-ring (bicyclic) bond motifs is 2. The Morgan fingerprint density at radius 2 is 2.00 bits per heavy atom. The minimum absolute atomic E-state index is 0.109. The van der Waals surface area contributed by atoms with Gasteiger partial charge in [-0.1, -0.05) is 19.3 Å². The summed E-state index contributed by atoms with van der Waals surface area (Å²) in [5.41, 5.74) is 7.81. The van der Waals surface area contributed by atoms with Crippen LogP contribution in [-0.2, 0) is 11.2 Å². The first kappa shape index (κ1) is 24.7. The fourth-order valence-corrected chi connectivity index (χ4v) is 5.64. The van der Waals surface area contributed by atoms with Gasteiger partial charge in [-0.25, -0.2) is 9.78 Å². The van der Waals surface area contributed by atoms with Crippen LogP contribution >= 0.6 is 0 Å². The molecule has 39 heavy (non-hydrogen) atoms. The number of nitrogens with zero attached hydrogens (tertiary/aromatic N) is 2. The number of anilines is 1. The second-order valence-corrected chi connectivity index (χ2v) is 10.1. The van der Waals surface area contributed by atoms with E-state index in [9.17, 15) is 14.7 Å². The highest BCUT2D eigenvalue weighted by Crippen LogP contribution is 2.36. The van der Waals surface area contributed by atoms with E-state index in [1.54, 1.807) is 30.9 Å². The van der Waals surface area contributed by atoms with Gasteiger partial charge in [-0.2, -0.15) is 0 Å². The lowest BCUT2D eigenvalue weighted by molar-refractivity contribution is -0.139. The van der Waals surface area contributed by atoms with E-state index >= 15 is 0 Å². The number of aromatic nitrogens is 3. The van der Waals surface area contributed by atoms with E-state index < -0.39 is 17.9 Å². The second-order valence-electron chi connectivity index (χ2n) is 10.1. The van der Waals surface area contributed by atoms with Crippen LogP contribution in [0.25, 0.3) is 33.3 Å². The Bertz CT molecular complexity index is 1650. The van der Waals surface area contributed by atoms with Gasteiger partial charge in [0.15, 0.2) is 0 Å². The van der Waals surface area contributed by atoms with Crippen LogP contribution in [0, 0.1) is 0 Å². The number of nitrogens with one attached hydrogen (secondary N) is 3. The minimum atomic E-state index is -1.12. The van der Waals surface area contributed by atoms with Gasteiger partial charge in [0, 0.05) is 40.8 Å². The number of amides is 1. The zero-order valence-electron chi connectivity index (χ0n) is 21.3. The van der Waals surface area contributed by atoms with Gasteiger partial charge in [-0.3, -0.25) is 10.6 Å². The van der Waals surface area contributed by atoms with Crippen LogP contribution in [-0.4, -0.2) is 37.6 Å². The molecular formula is C29H30N6O4. The van der Waals surface area contributed by atoms with Crippen molar-refractivity contribution in [1.29, 1.82) is 0 Å². The van der Waals surface area contributed by atoms with Crippen molar-refractivity contribution in [2.24, 2.45) is 5.84 Å². The molecule has 0 aliphatic heterocycles. The van der Waals surface area contributed by atoms with Crippen molar-refractivity contribution >= 4 is 39.5 Å². The molecule has 200 valence electrons. The lowest BCUT2D eigenvalue weighted by atomic mass is 9.95. The van der Waals surface area contributed by atoms with E-state index in [1.807, 2.05) is 30.3 Å². The van der Waals surface area contributed by atoms with Crippen molar-refractivity contribution < 1.29 is 19.1 Å². The van der Waals surface area contributed by atoms with Crippen molar-refractivity contribution in [3.05, 3.63) is 72.3 Å². The molecule has 1 amide bonds. The molecular weight excluding hydrogens is 496 g/mol. The highest BCUT2D eigenvalue weighted by molar-refractivity contribution is 6.00. The number of carboxylic acid groups (broad SMARTS) is 1. The SMILES string of the molecule is NNc1ccc2[nH]cc(C[C@H](NC(=O)c3ccc4c(c3)nc(-c3ccoc3)n4C3CCCCC3)C(=O)O)c2c1. The average Bonchev–Trinajstić information content (AvgIpc) is 3.71. The van der Waals surface area contributed by atoms with E-state index in [-0.39, 0.29) is 6.42 Å².